The predicted octanol–water partition coefficient (Wildman–Crippen LogP) is 23.3. The first kappa shape index (κ1) is 74.4. The minimum atomic E-state index is -0.781. The van der Waals surface area contributed by atoms with Crippen LogP contribution in [-0.2, 0) is 28.6 Å². The van der Waals surface area contributed by atoms with Gasteiger partial charge in [-0.05, 0) is 57.8 Å². The molecule has 0 aromatic heterocycles. The van der Waals surface area contributed by atoms with Crippen molar-refractivity contribution in [2.45, 2.75) is 374 Å². The molecule has 0 aromatic carbocycles. The second-order valence-electron chi connectivity index (χ2n) is 23.1. The van der Waals surface area contributed by atoms with Crippen LogP contribution in [0.25, 0.3) is 0 Å². The Labute approximate surface area is 479 Å². The molecule has 0 bridgehead atoms. The first-order valence-corrected chi connectivity index (χ1v) is 34.1. The van der Waals surface area contributed by atoms with Crippen LogP contribution in [0.4, 0.5) is 0 Å². The average molecular weight is 1080 g/mol. The van der Waals surface area contributed by atoms with E-state index in [4.69, 9.17) is 14.2 Å². The van der Waals surface area contributed by atoms with Gasteiger partial charge in [0.1, 0.15) is 13.2 Å². The van der Waals surface area contributed by atoms with Gasteiger partial charge in [-0.2, -0.15) is 0 Å². The highest BCUT2D eigenvalue weighted by Gasteiger charge is 2.19. The summed E-state index contributed by atoms with van der Waals surface area (Å²) in [4.78, 5) is 38.4. The van der Waals surface area contributed by atoms with E-state index in [0.29, 0.717) is 19.3 Å². The van der Waals surface area contributed by atoms with Gasteiger partial charge in [-0.15, -0.1) is 0 Å². The molecule has 0 amide bonds. The summed E-state index contributed by atoms with van der Waals surface area (Å²) in [6.07, 6.45) is 82.8. The molecular weight excluding hydrogens is 949 g/mol. The third-order valence-electron chi connectivity index (χ3n) is 15.3. The molecule has 0 rings (SSSR count). The van der Waals surface area contributed by atoms with Gasteiger partial charge >= 0.3 is 17.9 Å². The lowest BCUT2D eigenvalue weighted by atomic mass is 10.0. The molecule has 0 saturated heterocycles. The fourth-order valence-electron chi connectivity index (χ4n) is 10.3. The Kier molecular flexibility index (Phi) is 63.6. The van der Waals surface area contributed by atoms with Crippen molar-refractivity contribution in [3.8, 4) is 0 Å². The van der Waals surface area contributed by atoms with E-state index in [1.54, 1.807) is 0 Å². The van der Waals surface area contributed by atoms with Crippen LogP contribution in [0.5, 0.6) is 0 Å². The minimum Gasteiger partial charge on any atom is -0.462 e. The highest BCUT2D eigenvalue weighted by atomic mass is 16.6. The summed E-state index contributed by atoms with van der Waals surface area (Å²) in [5.41, 5.74) is 0. The Balaban J connectivity index is 4.30. The summed E-state index contributed by atoms with van der Waals surface area (Å²) in [6.45, 7) is 6.58. The molecule has 0 fully saturated rings. The second kappa shape index (κ2) is 65.9. The topological polar surface area (TPSA) is 78.9 Å². The van der Waals surface area contributed by atoms with Crippen molar-refractivity contribution in [3.05, 3.63) is 48.6 Å². The number of carbonyl (C=O) groups is 3. The lowest BCUT2D eigenvalue weighted by molar-refractivity contribution is -0.167. The van der Waals surface area contributed by atoms with Crippen molar-refractivity contribution in [2.24, 2.45) is 0 Å². The van der Waals surface area contributed by atoms with Crippen molar-refractivity contribution >= 4 is 17.9 Å². The van der Waals surface area contributed by atoms with E-state index in [-0.39, 0.29) is 31.1 Å². The minimum absolute atomic E-state index is 0.0757. The molecule has 77 heavy (non-hydrogen) atoms. The molecule has 0 aliphatic carbocycles. The summed E-state index contributed by atoms with van der Waals surface area (Å²) in [6, 6.07) is 0. The number of ether oxygens (including phenoxy) is 3. The normalized spacial score (nSPS) is 12.3. The van der Waals surface area contributed by atoms with Crippen LogP contribution in [0, 0.1) is 0 Å². The van der Waals surface area contributed by atoms with Crippen LogP contribution in [0.2, 0.25) is 0 Å². The van der Waals surface area contributed by atoms with Crippen LogP contribution < -0.4 is 0 Å². The lowest BCUT2D eigenvalue weighted by Gasteiger charge is -2.18. The summed E-state index contributed by atoms with van der Waals surface area (Å²) >= 11 is 0. The summed E-state index contributed by atoms with van der Waals surface area (Å²) in [5, 5.41) is 0. The van der Waals surface area contributed by atoms with Crippen LogP contribution in [0.3, 0.4) is 0 Å². The lowest BCUT2D eigenvalue weighted by Crippen LogP contribution is -2.30. The zero-order valence-corrected chi connectivity index (χ0v) is 51.7. The Bertz CT molecular complexity index is 1330. The van der Waals surface area contributed by atoms with Gasteiger partial charge < -0.3 is 14.2 Å². The van der Waals surface area contributed by atoms with E-state index >= 15 is 0 Å². The Hall–Kier alpha value is -2.63. The number of esters is 3. The smallest absolute Gasteiger partial charge is 0.306 e. The van der Waals surface area contributed by atoms with Crippen LogP contribution in [-0.4, -0.2) is 37.2 Å². The zero-order valence-electron chi connectivity index (χ0n) is 51.7. The highest BCUT2D eigenvalue weighted by molar-refractivity contribution is 5.71. The van der Waals surface area contributed by atoms with E-state index in [0.717, 1.165) is 96.3 Å². The molecule has 0 N–H and O–H groups in total. The molecule has 1 atom stereocenters. The number of allylic oxidation sites excluding steroid dienone is 8. The fourth-order valence-corrected chi connectivity index (χ4v) is 10.3. The van der Waals surface area contributed by atoms with E-state index in [2.05, 4.69) is 69.4 Å². The van der Waals surface area contributed by atoms with Gasteiger partial charge in [0, 0.05) is 19.3 Å². The molecule has 0 aromatic rings. The molecule has 1 unspecified atom stereocenters. The number of rotatable bonds is 63. The third kappa shape index (κ3) is 64.1. The van der Waals surface area contributed by atoms with Crippen molar-refractivity contribution in [1.29, 1.82) is 0 Å². The molecule has 0 saturated carbocycles. The quantitative estimate of drug-likeness (QED) is 0.0261. The third-order valence-corrected chi connectivity index (χ3v) is 15.3. The standard InChI is InChI=1S/C71H130O6/c1-4-7-10-13-16-19-22-25-28-31-33-34-35-36-37-38-41-43-46-49-52-55-58-61-64-70(73)76-67-68(66-75-69(72)63-60-57-54-51-48-45-42-39-30-27-24-21-18-15-12-9-6-3)77-71(74)65-62-59-56-53-50-47-44-40-32-29-26-23-20-17-14-11-8-5-2/h9,12,18,21,27,30,42,45,68H,4-8,10-11,13-17,19-20,22-26,28-29,31-41,43-44,46-67H2,1-3H3/b12-9-,21-18-,30-27-,45-42-. The summed E-state index contributed by atoms with van der Waals surface area (Å²) in [5.74, 6) is -0.873. The van der Waals surface area contributed by atoms with Crippen molar-refractivity contribution in [1.82, 2.24) is 0 Å². The van der Waals surface area contributed by atoms with E-state index in [9.17, 15) is 14.4 Å². The molecule has 0 heterocycles. The first-order valence-electron chi connectivity index (χ1n) is 34.1. The largest absolute Gasteiger partial charge is 0.462 e. The van der Waals surface area contributed by atoms with Gasteiger partial charge in [-0.3, -0.25) is 14.4 Å². The van der Waals surface area contributed by atoms with Crippen LogP contribution in [0.15, 0.2) is 48.6 Å². The molecule has 0 spiro atoms. The van der Waals surface area contributed by atoms with Gasteiger partial charge in [0.2, 0.25) is 0 Å². The van der Waals surface area contributed by atoms with Gasteiger partial charge in [0.15, 0.2) is 6.10 Å². The van der Waals surface area contributed by atoms with Gasteiger partial charge in [0.05, 0.1) is 0 Å². The maximum absolute atomic E-state index is 12.9. The van der Waals surface area contributed by atoms with Crippen molar-refractivity contribution in [2.75, 3.05) is 13.2 Å². The second-order valence-corrected chi connectivity index (χ2v) is 23.1. The average Bonchev–Trinajstić information content (AvgIpc) is 3.43. The number of hydrogen-bond acceptors (Lipinski definition) is 6. The fraction of sp³-hybridized carbons (Fsp3) is 0.845. The number of unbranched alkanes of at least 4 members (excludes halogenated alkanes) is 44. The molecule has 0 aliphatic rings. The summed E-state index contributed by atoms with van der Waals surface area (Å²) in [7, 11) is 0. The number of hydrogen-bond donors (Lipinski definition) is 0. The molecule has 6 heteroatoms. The van der Waals surface area contributed by atoms with E-state index in [1.165, 1.54) is 231 Å². The Morgan fingerprint density at radius 1 is 0.273 bits per heavy atom. The number of carbonyl (C=O) groups excluding carboxylic acids is 3. The van der Waals surface area contributed by atoms with Gasteiger partial charge in [0.25, 0.3) is 0 Å². The molecule has 6 nitrogen and oxygen atoms in total. The zero-order chi connectivity index (χ0) is 55.7. The van der Waals surface area contributed by atoms with Crippen molar-refractivity contribution in [3.63, 3.8) is 0 Å². The molecule has 0 aliphatic heterocycles. The SMILES string of the molecule is CC/C=C\C/C=C\C/C=C\C/C=C\CCCCCCC(=O)OCC(COC(=O)CCCCCCCCCCCCCCCCCCCCCCCCCC)OC(=O)CCCCCCCCCCCCCCCCCCCC. The molecule has 450 valence electrons. The Morgan fingerprint density at radius 3 is 0.792 bits per heavy atom. The maximum Gasteiger partial charge on any atom is 0.306 e. The molecular formula is C71H130O6. The van der Waals surface area contributed by atoms with Gasteiger partial charge in [-0.1, -0.05) is 339 Å². The summed E-state index contributed by atoms with van der Waals surface area (Å²) < 4.78 is 17.0. The molecule has 0 radical (unpaired) electrons. The maximum atomic E-state index is 12.9. The monoisotopic (exact) mass is 1080 g/mol. The Morgan fingerprint density at radius 2 is 0.506 bits per heavy atom. The van der Waals surface area contributed by atoms with E-state index < -0.39 is 6.10 Å². The van der Waals surface area contributed by atoms with Gasteiger partial charge in [-0.25, -0.2) is 0 Å². The predicted molar refractivity (Wildman–Crippen MR) is 335 cm³/mol. The van der Waals surface area contributed by atoms with Crippen LogP contribution in [0.1, 0.15) is 367 Å². The van der Waals surface area contributed by atoms with E-state index in [1.807, 2.05) is 0 Å². The van der Waals surface area contributed by atoms with Crippen molar-refractivity contribution < 1.29 is 28.6 Å². The van der Waals surface area contributed by atoms with Crippen LogP contribution >= 0.6 is 0 Å². The first-order chi connectivity index (χ1) is 38.0. The highest BCUT2D eigenvalue weighted by Crippen LogP contribution is 2.18.